The summed E-state index contributed by atoms with van der Waals surface area (Å²) in [5.74, 6) is 0. The predicted octanol–water partition coefficient (Wildman–Crippen LogP) is 0.121. The molecule has 0 aromatic heterocycles. The molecule has 2 heteroatoms. The van der Waals surface area contributed by atoms with Gasteiger partial charge < -0.3 is 10.5 Å². The topological polar surface area (TPSA) is 38.5 Å². The number of nitrogens with two attached hydrogens (primary N) is 1. The summed E-state index contributed by atoms with van der Waals surface area (Å²) in [6.07, 6.45) is 0.764. The van der Waals surface area contributed by atoms with Crippen LogP contribution in [0, 0.1) is 0 Å². The van der Waals surface area contributed by atoms with Crippen LogP contribution in [0.3, 0.4) is 0 Å². The first kappa shape index (κ1) is 5.06. The van der Waals surface area contributed by atoms with Gasteiger partial charge in [-0.1, -0.05) is 0 Å². The Bertz CT molecular complexity index is 72.5. The van der Waals surface area contributed by atoms with Crippen LogP contribution in [0.5, 0.6) is 0 Å². The highest BCUT2D eigenvalue weighted by molar-refractivity contribution is 4.86. The maximum absolute atomic E-state index is 5.46. The zero-order chi connectivity index (χ0) is 5.44. The van der Waals surface area contributed by atoms with Gasteiger partial charge in [-0.05, 0) is 13.8 Å². The van der Waals surface area contributed by atoms with E-state index in [1.165, 1.54) is 0 Å². The van der Waals surface area contributed by atoms with Crippen molar-refractivity contribution < 1.29 is 4.74 Å². The molecule has 1 saturated heterocycles. The first-order valence-electron chi connectivity index (χ1n) is 2.63. The molecule has 0 aromatic rings. The molecule has 1 aliphatic heterocycles. The van der Waals surface area contributed by atoms with E-state index < -0.39 is 0 Å². The van der Waals surface area contributed by atoms with Crippen LogP contribution in [-0.4, -0.2) is 18.2 Å². The summed E-state index contributed by atoms with van der Waals surface area (Å²) in [7, 11) is 0. The minimum absolute atomic E-state index is 0.218. The van der Waals surface area contributed by atoms with Crippen LogP contribution in [0.1, 0.15) is 13.8 Å². The van der Waals surface area contributed by atoms with Gasteiger partial charge in [-0.3, -0.25) is 0 Å². The molecule has 2 N–H and O–H groups in total. The van der Waals surface area contributed by atoms with Crippen LogP contribution >= 0.6 is 0 Å². The van der Waals surface area contributed by atoms with Crippen LogP contribution < -0.4 is 5.73 Å². The van der Waals surface area contributed by atoms with Crippen molar-refractivity contribution in [3.63, 3.8) is 0 Å². The zero-order valence-corrected chi connectivity index (χ0v) is 4.72. The average Bonchev–Trinajstić information content (AvgIpc) is 2.17. The van der Waals surface area contributed by atoms with Crippen molar-refractivity contribution in [3.8, 4) is 0 Å². The standard InChI is InChI=1S/C5H11NO/c1-3(6)5-4(2)7-5/h3-5H,6H2,1-2H3/t3-,4?,5?/m1/s1. The van der Waals surface area contributed by atoms with E-state index in [2.05, 4.69) is 0 Å². The SMILES string of the molecule is CC1OC1[C@@H](C)N. The molecule has 0 amide bonds. The van der Waals surface area contributed by atoms with Gasteiger partial charge in [0, 0.05) is 6.04 Å². The average molecular weight is 101 g/mol. The van der Waals surface area contributed by atoms with E-state index in [4.69, 9.17) is 10.5 Å². The van der Waals surface area contributed by atoms with Gasteiger partial charge in [-0.2, -0.15) is 0 Å². The summed E-state index contributed by atoms with van der Waals surface area (Å²) in [6, 6.07) is 0.218. The smallest absolute Gasteiger partial charge is 0.0986 e. The molecule has 1 fully saturated rings. The van der Waals surface area contributed by atoms with E-state index in [1.54, 1.807) is 0 Å². The van der Waals surface area contributed by atoms with Crippen molar-refractivity contribution in [1.29, 1.82) is 0 Å². The van der Waals surface area contributed by atoms with Gasteiger partial charge in [-0.15, -0.1) is 0 Å². The molecule has 2 nitrogen and oxygen atoms in total. The summed E-state index contributed by atoms with van der Waals surface area (Å²) in [5.41, 5.74) is 5.46. The van der Waals surface area contributed by atoms with E-state index in [0.29, 0.717) is 12.2 Å². The Hall–Kier alpha value is -0.0800. The van der Waals surface area contributed by atoms with Crippen LogP contribution in [0.4, 0.5) is 0 Å². The molecule has 1 heterocycles. The molecule has 3 atom stereocenters. The van der Waals surface area contributed by atoms with E-state index in [1.807, 2.05) is 13.8 Å². The normalized spacial score (nSPS) is 43.3. The van der Waals surface area contributed by atoms with Gasteiger partial charge in [0.25, 0.3) is 0 Å². The second kappa shape index (κ2) is 1.46. The number of ether oxygens (including phenoxy) is 1. The Morgan fingerprint density at radius 3 is 2.14 bits per heavy atom. The minimum atomic E-state index is 0.218. The first-order chi connectivity index (χ1) is 3.22. The van der Waals surface area contributed by atoms with Crippen LogP contribution in [0.2, 0.25) is 0 Å². The molecule has 0 aromatic carbocycles. The molecule has 1 rings (SSSR count). The summed E-state index contributed by atoms with van der Waals surface area (Å²) >= 11 is 0. The van der Waals surface area contributed by atoms with Gasteiger partial charge in [0.1, 0.15) is 0 Å². The lowest BCUT2D eigenvalue weighted by atomic mass is 10.2. The van der Waals surface area contributed by atoms with Crippen molar-refractivity contribution in [3.05, 3.63) is 0 Å². The molecular formula is C5H11NO. The lowest BCUT2D eigenvalue weighted by Crippen LogP contribution is -2.22. The summed E-state index contributed by atoms with van der Waals surface area (Å²) in [6.45, 7) is 4.00. The fourth-order valence-electron chi connectivity index (χ4n) is 0.754. The minimum Gasteiger partial charge on any atom is -0.368 e. The largest absolute Gasteiger partial charge is 0.368 e. The van der Waals surface area contributed by atoms with Crippen LogP contribution in [-0.2, 0) is 4.74 Å². The van der Waals surface area contributed by atoms with Crippen molar-refractivity contribution in [2.45, 2.75) is 32.1 Å². The summed E-state index contributed by atoms with van der Waals surface area (Å²) in [4.78, 5) is 0. The Kier molecular flexibility index (Phi) is 1.05. The van der Waals surface area contributed by atoms with Crippen LogP contribution in [0.15, 0.2) is 0 Å². The monoisotopic (exact) mass is 101 g/mol. The molecule has 0 radical (unpaired) electrons. The fraction of sp³-hybridized carbons (Fsp3) is 1.00. The molecule has 1 aliphatic rings. The third kappa shape index (κ3) is 0.924. The zero-order valence-electron chi connectivity index (χ0n) is 4.72. The van der Waals surface area contributed by atoms with E-state index in [-0.39, 0.29) is 6.04 Å². The van der Waals surface area contributed by atoms with Gasteiger partial charge in [0.05, 0.1) is 12.2 Å². The third-order valence-electron chi connectivity index (χ3n) is 1.28. The highest BCUT2D eigenvalue weighted by atomic mass is 16.6. The second-order valence-corrected chi connectivity index (χ2v) is 2.16. The van der Waals surface area contributed by atoms with Crippen molar-refractivity contribution >= 4 is 0 Å². The summed E-state index contributed by atoms with van der Waals surface area (Å²) in [5, 5.41) is 0. The number of epoxide rings is 1. The van der Waals surface area contributed by atoms with E-state index in [0.717, 1.165) is 0 Å². The maximum Gasteiger partial charge on any atom is 0.0986 e. The highest BCUT2D eigenvalue weighted by Crippen LogP contribution is 2.22. The van der Waals surface area contributed by atoms with Crippen molar-refractivity contribution in [1.82, 2.24) is 0 Å². The van der Waals surface area contributed by atoms with Gasteiger partial charge in [0.15, 0.2) is 0 Å². The predicted molar refractivity (Wildman–Crippen MR) is 28.0 cm³/mol. The molecule has 0 spiro atoms. The Morgan fingerprint density at radius 2 is 2.14 bits per heavy atom. The summed E-state index contributed by atoms with van der Waals surface area (Å²) < 4.78 is 5.05. The number of rotatable bonds is 1. The first-order valence-corrected chi connectivity index (χ1v) is 2.63. The molecule has 2 unspecified atom stereocenters. The molecule has 0 bridgehead atoms. The fourth-order valence-corrected chi connectivity index (χ4v) is 0.754. The second-order valence-electron chi connectivity index (χ2n) is 2.16. The lowest BCUT2D eigenvalue weighted by Gasteiger charge is -1.93. The highest BCUT2D eigenvalue weighted by Gasteiger charge is 2.36. The molecule has 0 aliphatic carbocycles. The van der Waals surface area contributed by atoms with Gasteiger partial charge in [0.2, 0.25) is 0 Å². The Labute approximate surface area is 43.6 Å². The Morgan fingerprint density at radius 1 is 1.71 bits per heavy atom. The van der Waals surface area contributed by atoms with E-state index in [9.17, 15) is 0 Å². The quantitative estimate of drug-likeness (QED) is 0.476. The molecular weight excluding hydrogens is 90.1 g/mol. The Balaban J connectivity index is 2.20. The molecule has 42 valence electrons. The van der Waals surface area contributed by atoms with Crippen molar-refractivity contribution in [2.75, 3.05) is 0 Å². The van der Waals surface area contributed by atoms with Gasteiger partial charge >= 0.3 is 0 Å². The third-order valence-corrected chi connectivity index (χ3v) is 1.28. The maximum atomic E-state index is 5.46. The lowest BCUT2D eigenvalue weighted by molar-refractivity contribution is 0.359. The molecule has 7 heavy (non-hydrogen) atoms. The van der Waals surface area contributed by atoms with Crippen LogP contribution in [0.25, 0.3) is 0 Å². The number of hydrogen-bond acceptors (Lipinski definition) is 2. The van der Waals surface area contributed by atoms with Gasteiger partial charge in [-0.25, -0.2) is 0 Å². The number of hydrogen-bond donors (Lipinski definition) is 1. The van der Waals surface area contributed by atoms with E-state index >= 15 is 0 Å². The van der Waals surface area contributed by atoms with Crippen molar-refractivity contribution in [2.24, 2.45) is 5.73 Å². The molecule has 0 saturated carbocycles.